The van der Waals surface area contributed by atoms with Crippen molar-refractivity contribution in [2.24, 2.45) is 0 Å². The number of nitrogens with zero attached hydrogens (tertiary/aromatic N) is 2. The first-order valence-electron chi connectivity index (χ1n) is 7.10. The van der Waals surface area contributed by atoms with Crippen molar-refractivity contribution in [1.82, 2.24) is 15.5 Å². The summed E-state index contributed by atoms with van der Waals surface area (Å²) in [6.45, 7) is 0. The predicted molar refractivity (Wildman–Crippen MR) is 89.2 cm³/mol. The van der Waals surface area contributed by atoms with Gasteiger partial charge in [-0.25, -0.2) is 0 Å². The van der Waals surface area contributed by atoms with Crippen LogP contribution in [0.2, 0.25) is 0 Å². The van der Waals surface area contributed by atoms with E-state index in [1.54, 1.807) is 32.3 Å². The molecule has 1 aromatic heterocycles. The molecule has 23 heavy (non-hydrogen) atoms. The zero-order valence-corrected chi connectivity index (χ0v) is 12.8. The number of benzene rings is 2. The number of anilines is 1. The standard InChI is InChI=1S/C17H15N5O/c1-19-16-14-7-10(5-6-15(14)21-22-16)13-8-11(17(23)20-2)3-4-12(13)9-18/h3-8H,1-2H3,(H,20,23)(H2,19,21,22). The highest BCUT2D eigenvalue weighted by Gasteiger charge is 2.12. The third kappa shape index (κ3) is 2.49. The van der Waals surface area contributed by atoms with Crippen LogP contribution < -0.4 is 10.6 Å². The molecule has 3 N–H and O–H groups in total. The summed E-state index contributed by atoms with van der Waals surface area (Å²) in [6, 6.07) is 13.0. The number of carbonyl (C=O) groups excluding carboxylic acids is 1. The van der Waals surface area contributed by atoms with Crippen molar-refractivity contribution < 1.29 is 4.79 Å². The van der Waals surface area contributed by atoms with E-state index in [2.05, 4.69) is 26.9 Å². The second-order valence-corrected chi connectivity index (χ2v) is 5.03. The van der Waals surface area contributed by atoms with E-state index >= 15 is 0 Å². The van der Waals surface area contributed by atoms with Gasteiger partial charge in [0.15, 0.2) is 5.82 Å². The minimum Gasteiger partial charge on any atom is -0.371 e. The van der Waals surface area contributed by atoms with Crippen molar-refractivity contribution in [2.45, 2.75) is 0 Å². The minimum atomic E-state index is -0.184. The van der Waals surface area contributed by atoms with Crippen molar-refractivity contribution in [3.63, 3.8) is 0 Å². The molecule has 0 radical (unpaired) electrons. The van der Waals surface area contributed by atoms with E-state index in [-0.39, 0.29) is 5.91 Å². The molecule has 6 nitrogen and oxygen atoms in total. The molecule has 2 aromatic carbocycles. The third-order valence-electron chi connectivity index (χ3n) is 3.74. The number of hydrogen-bond acceptors (Lipinski definition) is 4. The molecule has 1 heterocycles. The van der Waals surface area contributed by atoms with Gasteiger partial charge < -0.3 is 10.6 Å². The number of hydrogen-bond donors (Lipinski definition) is 3. The van der Waals surface area contributed by atoms with Crippen LogP contribution in [0.5, 0.6) is 0 Å². The van der Waals surface area contributed by atoms with E-state index in [1.807, 2.05) is 18.2 Å². The van der Waals surface area contributed by atoms with Gasteiger partial charge in [-0.2, -0.15) is 10.4 Å². The number of nitriles is 1. The minimum absolute atomic E-state index is 0.184. The van der Waals surface area contributed by atoms with E-state index in [0.29, 0.717) is 11.1 Å². The molecule has 0 saturated carbocycles. The van der Waals surface area contributed by atoms with Gasteiger partial charge in [0.2, 0.25) is 0 Å². The van der Waals surface area contributed by atoms with Crippen LogP contribution in [0.4, 0.5) is 5.82 Å². The van der Waals surface area contributed by atoms with Gasteiger partial charge in [0.1, 0.15) is 0 Å². The summed E-state index contributed by atoms with van der Waals surface area (Å²) in [5.74, 6) is 0.554. The fourth-order valence-electron chi connectivity index (χ4n) is 2.54. The number of rotatable bonds is 3. The second kappa shape index (κ2) is 5.81. The first-order chi connectivity index (χ1) is 11.2. The third-order valence-corrected chi connectivity index (χ3v) is 3.74. The highest BCUT2D eigenvalue weighted by Crippen LogP contribution is 2.30. The second-order valence-electron chi connectivity index (χ2n) is 5.03. The molecule has 0 saturated heterocycles. The summed E-state index contributed by atoms with van der Waals surface area (Å²) < 4.78 is 0. The number of amides is 1. The van der Waals surface area contributed by atoms with Crippen LogP contribution >= 0.6 is 0 Å². The molecular weight excluding hydrogens is 290 g/mol. The van der Waals surface area contributed by atoms with Gasteiger partial charge >= 0.3 is 0 Å². The van der Waals surface area contributed by atoms with Crippen LogP contribution in [0, 0.1) is 11.3 Å². The number of aromatic nitrogens is 2. The molecule has 0 bridgehead atoms. The monoisotopic (exact) mass is 305 g/mol. The zero-order valence-electron chi connectivity index (χ0n) is 12.8. The van der Waals surface area contributed by atoms with Gasteiger partial charge in [0, 0.05) is 30.6 Å². The van der Waals surface area contributed by atoms with E-state index in [0.717, 1.165) is 27.8 Å². The van der Waals surface area contributed by atoms with Crippen molar-refractivity contribution in [3.8, 4) is 17.2 Å². The largest absolute Gasteiger partial charge is 0.371 e. The molecule has 6 heteroatoms. The molecule has 1 amide bonds. The van der Waals surface area contributed by atoms with E-state index in [1.165, 1.54) is 0 Å². The molecule has 0 fully saturated rings. The Labute approximate surface area is 133 Å². The highest BCUT2D eigenvalue weighted by atomic mass is 16.1. The number of fused-ring (bicyclic) bond motifs is 1. The highest BCUT2D eigenvalue weighted by molar-refractivity contribution is 5.97. The van der Waals surface area contributed by atoms with Crippen LogP contribution in [0.1, 0.15) is 15.9 Å². The molecule has 3 rings (SSSR count). The van der Waals surface area contributed by atoms with Gasteiger partial charge in [-0.3, -0.25) is 9.89 Å². The van der Waals surface area contributed by atoms with Gasteiger partial charge in [-0.05, 0) is 35.9 Å². The lowest BCUT2D eigenvalue weighted by Gasteiger charge is -2.08. The lowest BCUT2D eigenvalue weighted by molar-refractivity contribution is 0.0963. The van der Waals surface area contributed by atoms with Crippen molar-refractivity contribution in [2.75, 3.05) is 19.4 Å². The SMILES string of the molecule is CNC(=O)c1ccc(C#N)c(-c2ccc3[nH]nc(NC)c3c2)c1. The maximum atomic E-state index is 11.8. The van der Waals surface area contributed by atoms with Crippen molar-refractivity contribution in [1.29, 1.82) is 5.26 Å². The summed E-state index contributed by atoms with van der Waals surface area (Å²) in [6.07, 6.45) is 0. The summed E-state index contributed by atoms with van der Waals surface area (Å²) in [5.41, 5.74) is 3.52. The summed E-state index contributed by atoms with van der Waals surface area (Å²) in [4.78, 5) is 11.8. The van der Waals surface area contributed by atoms with Crippen molar-refractivity contribution >= 4 is 22.6 Å². The maximum absolute atomic E-state index is 11.8. The predicted octanol–water partition coefficient (Wildman–Crippen LogP) is 2.50. The Morgan fingerprint density at radius 2 is 2.04 bits per heavy atom. The Bertz CT molecular complexity index is 936. The number of nitrogens with one attached hydrogen (secondary N) is 3. The fraction of sp³-hybridized carbons (Fsp3) is 0.118. The quantitative estimate of drug-likeness (QED) is 0.693. The molecule has 0 aliphatic heterocycles. The van der Waals surface area contributed by atoms with Gasteiger partial charge in [0.05, 0.1) is 17.1 Å². The Kier molecular flexibility index (Phi) is 3.69. The van der Waals surface area contributed by atoms with Crippen LogP contribution in [0.3, 0.4) is 0 Å². The Morgan fingerprint density at radius 1 is 1.22 bits per heavy atom. The average molecular weight is 305 g/mol. The van der Waals surface area contributed by atoms with Gasteiger partial charge in [-0.15, -0.1) is 0 Å². The van der Waals surface area contributed by atoms with Crippen LogP contribution in [0.15, 0.2) is 36.4 Å². The van der Waals surface area contributed by atoms with E-state index in [9.17, 15) is 10.1 Å². The number of H-pyrrole nitrogens is 1. The van der Waals surface area contributed by atoms with Gasteiger partial charge in [-0.1, -0.05) is 6.07 Å². The molecule has 0 aliphatic rings. The van der Waals surface area contributed by atoms with Crippen molar-refractivity contribution in [3.05, 3.63) is 47.5 Å². The Balaban J connectivity index is 2.20. The van der Waals surface area contributed by atoms with E-state index < -0.39 is 0 Å². The smallest absolute Gasteiger partial charge is 0.251 e. The first kappa shape index (κ1) is 14.6. The maximum Gasteiger partial charge on any atom is 0.251 e. The summed E-state index contributed by atoms with van der Waals surface area (Å²) in [5, 5.41) is 23.0. The lowest BCUT2D eigenvalue weighted by Crippen LogP contribution is -2.17. The molecule has 0 spiro atoms. The topological polar surface area (TPSA) is 93.6 Å². The van der Waals surface area contributed by atoms with Crippen LogP contribution in [0.25, 0.3) is 22.0 Å². The van der Waals surface area contributed by atoms with Gasteiger partial charge in [0.25, 0.3) is 5.91 Å². The molecule has 0 atom stereocenters. The molecule has 0 aliphatic carbocycles. The molecule has 0 unspecified atom stereocenters. The number of aromatic amines is 1. The summed E-state index contributed by atoms with van der Waals surface area (Å²) in [7, 11) is 3.38. The lowest BCUT2D eigenvalue weighted by atomic mass is 9.96. The Morgan fingerprint density at radius 3 is 2.74 bits per heavy atom. The van der Waals surface area contributed by atoms with Crippen LogP contribution in [-0.4, -0.2) is 30.2 Å². The van der Waals surface area contributed by atoms with E-state index in [4.69, 9.17) is 0 Å². The average Bonchev–Trinajstić information content (AvgIpc) is 3.02. The molecular formula is C17H15N5O. The van der Waals surface area contributed by atoms with Crippen LogP contribution in [-0.2, 0) is 0 Å². The first-order valence-corrected chi connectivity index (χ1v) is 7.10. The fourth-order valence-corrected chi connectivity index (χ4v) is 2.54. The number of carbonyl (C=O) groups is 1. The zero-order chi connectivity index (χ0) is 16.4. The Hall–Kier alpha value is -3.33. The summed E-state index contributed by atoms with van der Waals surface area (Å²) >= 11 is 0. The molecule has 114 valence electrons. The molecule has 3 aromatic rings. The normalized spacial score (nSPS) is 10.3.